The Balaban J connectivity index is 2.13. The van der Waals surface area contributed by atoms with E-state index in [4.69, 9.17) is 16.9 Å². The molecule has 0 bridgehead atoms. The van der Waals surface area contributed by atoms with E-state index in [1.54, 1.807) is 6.20 Å². The van der Waals surface area contributed by atoms with Crippen LogP contribution in [0.1, 0.15) is 11.3 Å². The van der Waals surface area contributed by atoms with Crippen LogP contribution >= 0.6 is 22.9 Å². The van der Waals surface area contributed by atoms with Gasteiger partial charge in [-0.05, 0) is 12.1 Å². The second-order valence-corrected chi connectivity index (χ2v) is 5.44. The number of nitrogens with zero attached hydrogens (tertiary/aromatic N) is 3. The molecule has 0 N–H and O–H groups in total. The Hall–Kier alpha value is -1.57. The number of hydrogen-bond donors (Lipinski definition) is 0. The summed E-state index contributed by atoms with van der Waals surface area (Å²) in [5.41, 5.74) is 1.11. The Morgan fingerprint density at radius 2 is 2.11 bits per heavy atom. The fourth-order valence-electron chi connectivity index (χ4n) is 1.67. The topological polar surface area (TPSA) is 39.9 Å². The lowest BCUT2D eigenvalue weighted by atomic mass is 10.2. The normalized spacial score (nSPS) is 10.0. The molecule has 0 aliphatic rings. The van der Waals surface area contributed by atoms with Gasteiger partial charge in [-0.1, -0.05) is 29.8 Å². The molecule has 0 fully saturated rings. The number of thiazole rings is 1. The summed E-state index contributed by atoms with van der Waals surface area (Å²) in [6.45, 7) is 1.44. The van der Waals surface area contributed by atoms with Gasteiger partial charge in [0.1, 0.15) is 0 Å². The second-order valence-electron chi connectivity index (χ2n) is 3.74. The summed E-state index contributed by atoms with van der Waals surface area (Å²) in [6, 6.07) is 12.2. The molecule has 0 unspecified atom stereocenters. The van der Waals surface area contributed by atoms with Crippen LogP contribution in [0.25, 0.3) is 0 Å². The van der Waals surface area contributed by atoms with E-state index in [-0.39, 0.29) is 0 Å². The monoisotopic (exact) mass is 277 g/mol. The van der Waals surface area contributed by atoms with Gasteiger partial charge in [0, 0.05) is 23.3 Å². The zero-order chi connectivity index (χ0) is 12.8. The third-order valence-corrected chi connectivity index (χ3v) is 3.59. The molecule has 1 aromatic carbocycles. The minimum Gasteiger partial charge on any atom is -0.365 e. The van der Waals surface area contributed by atoms with E-state index < -0.39 is 0 Å². The molecule has 2 rings (SSSR count). The zero-order valence-electron chi connectivity index (χ0n) is 9.71. The molecule has 0 saturated heterocycles. The molecule has 1 heterocycles. The van der Waals surface area contributed by atoms with Gasteiger partial charge in [-0.15, -0.1) is 11.3 Å². The van der Waals surface area contributed by atoms with Crippen LogP contribution < -0.4 is 4.90 Å². The summed E-state index contributed by atoms with van der Waals surface area (Å²) in [5, 5.41) is 8.72. The van der Waals surface area contributed by atoms with Crippen LogP contribution in [0.3, 0.4) is 0 Å². The molecule has 0 aliphatic heterocycles. The van der Waals surface area contributed by atoms with Crippen molar-refractivity contribution in [1.29, 1.82) is 5.26 Å². The largest absolute Gasteiger partial charge is 0.365 e. The molecule has 1 aromatic heterocycles. The lowest BCUT2D eigenvalue weighted by molar-refractivity contribution is 0.805. The number of aromatic nitrogens is 1. The summed E-state index contributed by atoms with van der Waals surface area (Å²) in [5.74, 6) is 0. The highest BCUT2D eigenvalue weighted by molar-refractivity contribution is 7.15. The van der Waals surface area contributed by atoms with Crippen molar-refractivity contribution in [1.82, 2.24) is 4.98 Å². The summed E-state index contributed by atoms with van der Waals surface area (Å²) in [4.78, 5) is 7.29. The van der Waals surface area contributed by atoms with Gasteiger partial charge >= 0.3 is 0 Å². The molecule has 0 amide bonds. The number of hydrogen-bond acceptors (Lipinski definition) is 4. The van der Waals surface area contributed by atoms with Gasteiger partial charge in [-0.2, -0.15) is 5.26 Å². The first-order valence-corrected chi connectivity index (χ1v) is 6.76. The predicted octanol–water partition coefficient (Wildman–Crippen LogP) is 3.72. The van der Waals surface area contributed by atoms with Gasteiger partial charge in [-0.25, -0.2) is 4.98 Å². The van der Waals surface area contributed by atoms with E-state index in [1.165, 1.54) is 11.3 Å². The average Bonchev–Trinajstić information content (AvgIpc) is 2.81. The van der Waals surface area contributed by atoms with Crippen LogP contribution in [0.2, 0.25) is 4.47 Å². The van der Waals surface area contributed by atoms with Crippen molar-refractivity contribution in [2.45, 2.75) is 13.0 Å². The summed E-state index contributed by atoms with van der Waals surface area (Å²) in [7, 11) is 0. The second kappa shape index (κ2) is 6.39. The standard InChI is InChI=1S/C13H12ClN3S/c14-13-16-9-12(18-13)10-17(8-4-7-15)11-5-2-1-3-6-11/h1-3,5-6,9H,4,8,10H2. The first kappa shape index (κ1) is 12.9. The maximum Gasteiger partial charge on any atom is 0.183 e. The van der Waals surface area contributed by atoms with Gasteiger partial charge in [0.2, 0.25) is 0 Å². The van der Waals surface area contributed by atoms with Crippen molar-refractivity contribution in [3.05, 3.63) is 45.9 Å². The molecule has 2 aromatic rings. The third-order valence-electron chi connectivity index (χ3n) is 2.49. The maximum absolute atomic E-state index is 8.72. The Morgan fingerprint density at radius 3 is 2.72 bits per heavy atom. The molecule has 18 heavy (non-hydrogen) atoms. The number of halogens is 1. The van der Waals surface area contributed by atoms with E-state index in [9.17, 15) is 0 Å². The number of nitriles is 1. The van der Waals surface area contributed by atoms with Crippen LogP contribution in [-0.2, 0) is 6.54 Å². The van der Waals surface area contributed by atoms with E-state index in [0.29, 0.717) is 17.4 Å². The predicted molar refractivity (Wildman–Crippen MR) is 74.8 cm³/mol. The molecule has 0 spiro atoms. The number of rotatable bonds is 5. The molecule has 0 atom stereocenters. The molecule has 3 nitrogen and oxygen atoms in total. The van der Waals surface area contributed by atoms with Crippen LogP contribution in [0, 0.1) is 11.3 Å². The van der Waals surface area contributed by atoms with E-state index in [0.717, 1.165) is 17.1 Å². The van der Waals surface area contributed by atoms with Gasteiger partial charge in [-0.3, -0.25) is 0 Å². The third kappa shape index (κ3) is 3.46. The van der Waals surface area contributed by atoms with Crippen LogP contribution in [0.15, 0.2) is 36.5 Å². The van der Waals surface area contributed by atoms with Gasteiger partial charge in [0.15, 0.2) is 4.47 Å². The molecule has 0 radical (unpaired) electrons. The van der Waals surface area contributed by atoms with Gasteiger partial charge < -0.3 is 4.90 Å². The van der Waals surface area contributed by atoms with Crippen LogP contribution in [-0.4, -0.2) is 11.5 Å². The van der Waals surface area contributed by atoms with E-state index in [2.05, 4.69) is 16.0 Å². The van der Waals surface area contributed by atoms with E-state index >= 15 is 0 Å². The minimum absolute atomic E-state index is 0.501. The number of anilines is 1. The minimum atomic E-state index is 0.501. The molecule has 0 aliphatic carbocycles. The maximum atomic E-state index is 8.72. The Kier molecular flexibility index (Phi) is 4.57. The lowest BCUT2D eigenvalue weighted by Crippen LogP contribution is -2.23. The SMILES string of the molecule is N#CCCN(Cc1cnc(Cl)s1)c1ccccc1. The highest BCUT2D eigenvalue weighted by atomic mass is 35.5. The molecule has 92 valence electrons. The van der Waals surface area contributed by atoms with Crippen molar-refractivity contribution in [3.8, 4) is 6.07 Å². The van der Waals surface area contributed by atoms with E-state index in [1.807, 2.05) is 30.3 Å². The van der Waals surface area contributed by atoms with Crippen molar-refractivity contribution >= 4 is 28.6 Å². The smallest absolute Gasteiger partial charge is 0.183 e. The highest BCUT2D eigenvalue weighted by Gasteiger charge is 2.09. The van der Waals surface area contributed by atoms with Crippen molar-refractivity contribution in [2.24, 2.45) is 0 Å². The Bertz CT molecular complexity index is 533. The molecule has 5 heteroatoms. The zero-order valence-corrected chi connectivity index (χ0v) is 11.3. The van der Waals surface area contributed by atoms with Gasteiger partial charge in [0.25, 0.3) is 0 Å². The van der Waals surface area contributed by atoms with Crippen molar-refractivity contribution < 1.29 is 0 Å². The molecular formula is C13H12ClN3S. The molecule has 0 saturated carbocycles. The summed E-state index contributed by atoms with van der Waals surface area (Å²) >= 11 is 7.30. The lowest BCUT2D eigenvalue weighted by Gasteiger charge is -2.22. The van der Waals surface area contributed by atoms with Gasteiger partial charge in [0.05, 0.1) is 19.0 Å². The first-order valence-electron chi connectivity index (χ1n) is 5.57. The van der Waals surface area contributed by atoms with Crippen LogP contribution in [0.4, 0.5) is 5.69 Å². The summed E-state index contributed by atoms with van der Waals surface area (Å²) in [6.07, 6.45) is 2.29. The Morgan fingerprint density at radius 1 is 1.33 bits per heavy atom. The first-order chi connectivity index (χ1) is 8.79. The summed E-state index contributed by atoms with van der Waals surface area (Å²) < 4.78 is 0.554. The quantitative estimate of drug-likeness (QED) is 0.836. The highest BCUT2D eigenvalue weighted by Crippen LogP contribution is 2.22. The van der Waals surface area contributed by atoms with Crippen molar-refractivity contribution in [3.63, 3.8) is 0 Å². The Labute approximate surface area is 115 Å². The van der Waals surface area contributed by atoms with Crippen molar-refractivity contribution in [2.75, 3.05) is 11.4 Å². The fraction of sp³-hybridized carbons (Fsp3) is 0.231. The fourth-order valence-corrected chi connectivity index (χ4v) is 2.66. The molecular weight excluding hydrogens is 266 g/mol. The average molecular weight is 278 g/mol. The van der Waals surface area contributed by atoms with Crippen LogP contribution in [0.5, 0.6) is 0 Å². The number of benzene rings is 1. The number of para-hydroxylation sites is 1.